The van der Waals surface area contributed by atoms with Crippen molar-refractivity contribution in [3.8, 4) is 11.3 Å². The molecule has 0 fully saturated rings. The van der Waals surface area contributed by atoms with Gasteiger partial charge in [-0.15, -0.1) is 0 Å². The fourth-order valence-electron chi connectivity index (χ4n) is 2.56. The molecule has 0 aliphatic rings. The number of nitrogens with zero attached hydrogens (tertiary/aromatic N) is 5. The van der Waals surface area contributed by atoms with Crippen LogP contribution in [0.1, 0.15) is 38.2 Å². The molecule has 8 heteroatoms. The lowest BCUT2D eigenvalue weighted by atomic mass is 9.86. The zero-order valence-corrected chi connectivity index (χ0v) is 15.5. The third kappa shape index (κ3) is 4.01. The van der Waals surface area contributed by atoms with E-state index >= 15 is 0 Å². The lowest BCUT2D eigenvalue weighted by Gasteiger charge is -2.31. The van der Waals surface area contributed by atoms with Gasteiger partial charge < -0.3 is 14.4 Å². The Morgan fingerprint density at radius 1 is 1.38 bits per heavy atom. The molecule has 0 aromatic carbocycles. The summed E-state index contributed by atoms with van der Waals surface area (Å²) in [6, 6.07) is 1.55. The highest BCUT2D eigenvalue weighted by atomic mass is 16.5. The highest BCUT2D eigenvalue weighted by molar-refractivity contribution is 5.93. The van der Waals surface area contributed by atoms with E-state index in [2.05, 4.69) is 41.3 Å². The van der Waals surface area contributed by atoms with Gasteiger partial charge in [-0.1, -0.05) is 25.9 Å². The predicted molar refractivity (Wildman–Crippen MR) is 96.3 cm³/mol. The number of aryl methyl sites for hydroxylation is 1. The van der Waals surface area contributed by atoms with Crippen LogP contribution in [0.2, 0.25) is 0 Å². The average Bonchev–Trinajstić information content (AvgIpc) is 3.33. The minimum Gasteiger partial charge on any atom is -0.355 e. The summed E-state index contributed by atoms with van der Waals surface area (Å²) in [6.45, 7) is 9.65. The summed E-state index contributed by atoms with van der Waals surface area (Å²) in [6.07, 6.45) is 8.90. The van der Waals surface area contributed by atoms with Crippen molar-refractivity contribution in [2.45, 2.75) is 46.8 Å². The summed E-state index contributed by atoms with van der Waals surface area (Å²) < 4.78 is 9.06. The molecule has 1 unspecified atom stereocenters. The third-order valence-electron chi connectivity index (χ3n) is 4.29. The first-order valence-electron chi connectivity index (χ1n) is 8.63. The number of carbonyl (C=O) groups excluding carboxylic acids is 1. The van der Waals surface area contributed by atoms with Gasteiger partial charge in [0.1, 0.15) is 0 Å². The van der Waals surface area contributed by atoms with Crippen molar-refractivity contribution in [3.05, 3.63) is 42.9 Å². The second kappa shape index (κ2) is 7.15. The average molecular weight is 356 g/mol. The first kappa shape index (κ1) is 17.9. The van der Waals surface area contributed by atoms with Crippen molar-refractivity contribution in [1.82, 2.24) is 29.8 Å². The van der Waals surface area contributed by atoms with E-state index in [0.29, 0.717) is 12.3 Å². The Balaban J connectivity index is 1.73. The predicted octanol–water partition coefficient (Wildman–Crippen LogP) is 2.60. The third-order valence-corrected chi connectivity index (χ3v) is 4.29. The molecular formula is C18H24N6O2. The molecule has 8 nitrogen and oxygen atoms in total. The molecule has 0 aliphatic heterocycles. The van der Waals surface area contributed by atoms with Gasteiger partial charge in [0.25, 0.3) is 5.91 Å². The molecule has 0 saturated heterocycles. The molecule has 0 spiro atoms. The fraction of sp³-hybridized carbons (Fsp3) is 0.444. The Bertz CT molecular complexity index is 857. The van der Waals surface area contributed by atoms with Gasteiger partial charge in [0.15, 0.2) is 11.5 Å². The summed E-state index contributed by atoms with van der Waals surface area (Å²) >= 11 is 0. The number of carbonyl (C=O) groups is 1. The summed E-state index contributed by atoms with van der Waals surface area (Å²) in [4.78, 5) is 16.7. The van der Waals surface area contributed by atoms with Crippen LogP contribution in [0.25, 0.3) is 11.3 Å². The number of rotatable bonds is 6. The van der Waals surface area contributed by atoms with Gasteiger partial charge >= 0.3 is 0 Å². The van der Waals surface area contributed by atoms with Gasteiger partial charge in [-0.2, -0.15) is 5.10 Å². The van der Waals surface area contributed by atoms with Gasteiger partial charge in [-0.3, -0.25) is 9.48 Å². The first-order chi connectivity index (χ1) is 12.4. The van der Waals surface area contributed by atoms with Crippen molar-refractivity contribution in [3.63, 3.8) is 0 Å². The number of imidazole rings is 1. The van der Waals surface area contributed by atoms with Crippen molar-refractivity contribution < 1.29 is 9.32 Å². The topological polar surface area (TPSA) is 90.8 Å². The number of hydrogen-bond acceptors (Lipinski definition) is 5. The number of aromatic nitrogens is 5. The molecule has 1 N–H and O–H groups in total. The van der Waals surface area contributed by atoms with Gasteiger partial charge in [0, 0.05) is 37.7 Å². The molecule has 1 amide bonds. The Labute approximate surface area is 152 Å². The molecule has 3 heterocycles. The maximum atomic E-state index is 12.7. The molecule has 0 bridgehead atoms. The zero-order chi connectivity index (χ0) is 18.7. The Hall–Kier alpha value is -2.90. The van der Waals surface area contributed by atoms with Crippen molar-refractivity contribution in [1.29, 1.82) is 0 Å². The zero-order valence-electron chi connectivity index (χ0n) is 15.5. The highest BCUT2D eigenvalue weighted by Gasteiger charge is 2.28. The van der Waals surface area contributed by atoms with Gasteiger partial charge in [0.05, 0.1) is 24.1 Å². The van der Waals surface area contributed by atoms with Crippen LogP contribution < -0.4 is 5.32 Å². The van der Waals surface area contributed by atoms with Gasteiger partial charge in [-0.05, 0) is 12.3 Å². The van der Waals surface area contributed by atoms with E-state index in [1.54, 1.807) is 29.5 Å². The quantitative estimate of drug-likeness (QED) is 0.733. The largest absolute Gasteiger partial charge is 0.355 e. The van der Waals surface area contributed by atoms with Gasteiger partial charge in [0.2, 0.25) is 0 Å². The lowest BCUT2D eigenvalue weighted by molar-refractivity contribution is 0.0883. The lowest BCUT2D eigenvalue weighted by Crippen LogP contribution is -2.46. The van der Waals surface area contributed by atoms with Crippen LogP contribution in [0.3, 0.4) is 0 Å². The second-order valence-corrected chi connectivity index (χ2v) is 7.31. The molecule has 3 aromatic heterocycles. The normalized spacial score (nSPS) is 12.9. The standard InChI is InChI=1S/C18H24N6O2/c1-5-24-10-13(9-20-24)15-8-14(22-26-15)17(25)21-16(18(2,3)4)11-23-7-6-19-12-23/h6-10,12,16H,5,11H2,1-4H3,(H,21,25). The van der Waals surface area contributed by atoms with Crippen LogP contribution in [0.5, 0.6) is 0 Å². The van der Waals surface area contributed by atoms with E-state index in [1.807, 2.05) is 23.9 Å². The first-order valence-corrected chi connectivity index (χ1v) is 8.63. The van der Waals surface area contributed by atoms with Crippen LogP contribution in [-0.4, -0.2) is 36.4 Å². The SMILES string of the molecule is CCn1cc(-c2cc(C(=O)NC(Cn3ccnc3)C(C)(C)C)no2)cn1. The Morgan fingerprint density at radius 2 is 2.19 bits per heavy atom. The van der Waals surface area contributed by atoms with Crippen molar-refractivity contribution in [2.24, 2.45) is 5.41 Å². The van der Waals surface area contributed by atoms with Crippen LogP contribution in [-0.2, 0) is 13.1 Å². The van der Waals surface area contributed by atoms with E-state index in [0.717, 1.165) is 12.1 Å². The maximum absolute atomic E-state index is 12.7. The fourth-order valence-corrected chi connectivity index (χ4v) is 2.56. The van der Waals surface area contributed by atoms with E-state index in [4.69, 9.17) is 4.52 Å². The van der Waals surface area contributed by atoms with Crippen LogP contribution in [0.15, 0.2) is 41.7 Å². The Morgan fingerprint density at radius 3 is 2.81 bits per heavy atom. The molecule has 3 rings (SSSR count). The molecule has 3 aromatic rings. The minimum atomic E-state index is -0.261. The molecule has 1 atom stereocenters. The van der Waals surface area contributed by atoms with Crippen LogP contribution in [0.4, 0.5) is 0 Å². The van der Waals surface area contributed by atoms with Crippen molar-refractivity contribution >= 4 is 5.91 Å². The molecule has 26 heavy (non-hydrogen) atoms. The van der Waals surface area contributed by atoms with Crippen LogP contribution >= 0.6 is 0 Å². The summed E-state index contributed by atoms with van der Waals surface area (Å²) in [5, 5.41) is 11.2. The maximum Gasteiger partial charge on any atom is 0.273 e. The number of hydrogen-bond donors (Lipinski definition) is 1. The van der Waals surface area contributed by atoms with E-state index in [-0.39, 0.29) is 23.1 Å². The highest BCUT2D eigenvalue weighted by Crippen LogP contribution is 2.23. The van der Waals surface area contributed by atoms with E-state index < -0.39 is 0 Å². The second-order valence-electron chi connectivity index (χ2n) is 7.31. The minimum absolute atomic E-state index is 0.0906. The van der Waals surface area contributed by atoms with E-state index in [1.165, 1.54) is 0 Å². The van der Waals surface area contributed by atoms with Crippen molar-refractivity contribution in [2.75, 3.05) is 0 Å². The Kier molecular flexibility index (Phi) is 4.92. The molecular weight excluding hydrogens is 332 g/mol. The smallest absolute Gasteiger partial charge is 0.273 e. The summed E-state index contributed by atoms with van der Waals surface area (Å²) in [5.74, 6) is 0.264. The summed E-state index contributed by atoms with van der Waals surface area (Å²) in [7, 11) is 0. The number of nitrogens with one attached hydrogen (secondary N) is 1. The van der Waals surface area contributed by atoms with Crippen LogP contribution in [0, 0.1) is 5.41 Å². The molecule has 0 radical (unpaired) electrons. The molecule has 0 aliphatic carbocycles. The molecule has 0 saturated carbocycles. The molecule has 138 valence electrons. The monoisotopic (exact) mass is 356 g/mol. The van der Waals surface area contributed by atoms with E-state index in [9.17, 15) is 4.79 Å². The number of amides is 1. The summed E-state index contributed by atoms with van der Waals surface area (Å²) in [5.41, 5.74) is 0.919. The van der Waals surface area contributed by atoms with Gasteiger partial charge in [-0.25, -0.2) is 4.98 Å².